The van der Waals surface area contributed by atoms with E-state index in [4.69, 9.17) is 9.15 Å². The van der Waals surface area contributed by atoms with Gasteiger partial charge in [0.25, 0.3) is 0 Å². The van der Waals surface area contributed by atoms with E-state index in [-0.39, 0.29) is 11.8 Å². The number of hydrogen-bond donors (Lipinski definition) is 0. The Bertz CT molecular complexity index is 594. The summed E-state index contributed by atoms with van der Waals surface area (Å²) < 4.78 is 10.7. The van der Waals surface area contributed by atoms with Gasteiger partial charge in [0.05, 0.1) is 30.2 Å². The molecule has 1 aliphatic rings. The van der Waals surface area contributed by atoms with E-state index in [2.05, 4.69) is 15.3 Å². The zero-order chi connectivity index (χ0) is 14.7. The lowest BCUT2D eigenvalue weighted by atomic mass is 10.1. The molecule has 112 valence electrons. The first-order chi connectivity index (χ1) is 10.2. The Morgan fingerprint density at radius 3 is 3.19 bits per heavy atom. The fraction of sp³-hybridized carbons (Fsp3) is 0.467. The van der Waals surface area contributed by atoms with Crippen molar-refractivity contribution in [3.8, 4) is 0 Å². The molecule has 0 bridgehead atoms. The van der Waals surface area contributed by atoms with Crippen LogP contribution in [0.25, 0.3) is 0 Å². The average Bonchev–Trinajstić information content (AvgIpc) is 3.13. The number of Topliss-reactive ketones (excluding diaryl/α,β-unsaturated/α-hetero) is 1. The van der Waals surface area contributed by atoms with Gasteiger partial charge in [-0.25, -0.2) is 4.98 Å². The average molecular weight is 306 g/mol. The van der Waals surface area contributed by atoms with Gasteiger partial charge in [0.1, 0.15) is 0 Å². The van der Waals surface area contributed by atoms with Gasteiger partial charge >= 0.3 is 0 Å². The van der Waals surface area contributed by atoms with Crippen molar-refractivity contribution in [2.24, 2.45) is 0 Å². The van der Waals surface area contributed by atoms with Crippen LogP contribution >= 0.6 is 11.3 Å². The number of carbonyl (C=O) groups is 1. The standard InChI is InChI=1S/C15H18N2O3S/c1-11-16-12(10-21-11)8-17-4-6-19-9-13(17)7-14(18)15-3-2-5-20-15/h2-3,5,10,13H,4,6-9H2,1H3/t13-/m1/s1. The monoisotopic (exact) mass is 306 g/mol. The van der Waals surface area contributed by atoms with E-state index in [0.717, 1.165) is 23.8 Å². The molecular weight excluding hydrogens is 288 g/mol. The molecule has 0 aromatic carbocycles. The van der Waals surface area contributed by atoms with E-state index in [1.165, 1.54) is 6.26 Å². The molecule has 1 saturated heterocycles. The normalized spacial score (nSPS) is 19.8. The number of furan rings is 1. The third-order valence-corrected chi connectivity index (χ3v) is 4.42. The zero-order valence-corrected chi connectivity index (χ0v) is 12.8. The van der Waals surface area contributed by atoms with Crippen molar-refractivity contribution in [2.45, 2.75) is 25.9 Å². The fourth-order valence-electron chi connectivity index (χ4n) is 2.53. The van der Waals surface area contributed by atoms with Gasteiger partial charge in [0.2, 0.25) is 0 Å². The molecule has 2 aromatic heterocycles. The lowest BCUT2D eigenvalue weighted by Crippen LogP contribution is -2.45. The number of ether oxygens (including phenoxy) is 1. The first-order valence-electron chi connectivity index (χ1n) is 7.02. The smallest absolute Gasteiger partial charge is 0.199 e. The van der Waals surface area contributed by atoms with E-state index in [1.807, 2.05) is 6.92 Å². The molecule has 3 heterocycles. The van der Waals surface area contributed by atoms with Crippen molar-refractivity contribution in [2.75, 3.05) is 19.8 Å². The molecule has 1 fully saturated rings. The maximum Gasteiger partial charge on any atom is 0.199 e. The maximum absolute atomic E-state index is 12.2. The van der Waals surface area contributed by atoms with Gasteiger partial charge in [-0.1, -0.05) is 0 Å². The molecular formula is C15H18N2O3S. The molecule has 0 radical (unpaired) electrons. The summed E-state index contributed by atoms with van der Waals surface area (Å²) in [5.74, 6) is 0.444. The third-order valence-electron chi connectivity index (χ3n) is 3.60. The first kappa shape index (κ1) is 14.4. The minimum Gasteiger partial charge on any atom is -0.461 e. The van der Waals surface area contributed by atoms with E-state index in [9.17, 15) is 4.79 Å². The van der Waals surface area contributed by atoms with Crippen LogP contribution in [0.4, 0.5) is 0 Å². The van der Waals surface area contributed by atoms with Gasteiger partial charge in [-0.3, -0.25) is 9.69 Å². The van der Waals surface area contributed by atoms with Crippen LogP contribution in [-0.2, 0) is 11.3 Å². The number of aryl methyl sites for hydroxylation is 1. The molecule has 3 rings (SSSR count). The summed E-state index contributed by atoms with van der Waals surface area (Å²) in [4.78, 5) is 19.0. The number of carbonyl (C=O) groups excluding carboxylic acids is 1. The van der Waals surface area contributed by atoms with Crippen molar-refractivity contribution in [1.82, 2.24) is 9.88 Å². The van der Waals surface area contributed by atoms with Crippen LogP contribution in [0.15, 0.2) is 28.2 Å². The van der Waals surface area contributed by atoms with Gasteiger partial charge in [0.15, 0.2) is 11.5 Å². The summed E-state index contributed by atoms with van der Waals surface area (Å²) in [5, 5.41) is 3.15. The van der Waals surface area contributed by atoms with Gasteiger partial charge in [-0.05, 0) is 19.1 Å². The molecule has 0 aliphatic carbocycles. The molecule has 5 nitrogen and oxygen atoms in total. The number of thiazole rings is 1. The molecule has 21 heavy (non-hydrogen) atoms. The van der Waals surface area contributed by atoms with E-state index < -0.39 is 0 Å². The largest absolute Gasteiger partial charge is 0.461 e. The summed E-state index contributed by atoms with van der Waals surface area (Å²) >= 11 is 1.66. The maximum atomic E-state index is 12.2. The van der Waals surface area contributed by atoms with E-state index in [1.54, 1.807) is 23.5 Å². The Labute approximate surface area is 127 Å². The minimum atomic E-state index is 0.0231. The quantitative estimate of drug-likeness (QED) is 0.795. The highest BCUT2D eigenvalue weighted by Gasteiger charge is 2.27. The highest BCUT2D eigenvalue weighted by molar-refractivity contribution is 7.09. The summed E-state index contributed by atoms with van der Waals surface area (Å²) in [6.45, 7) is 4.88. The van der Waals surface area contributed by atoms with Crippen molar-refractivity contribution in [3.63, 3.8) is 0 Å². The Kier molecular flexibility index (Phi) is 4.48. The Balaban J connectivity index is 1.65. The molecule has 0 amide bonds. The van der Waals surface area contributed by atoms with Crippen LogP contribution in [-0.4, -0.2) is 41.5 Å². The predicted octanol–water partition coefficient (Wildman–Crippen LogP) is 2.52. The van der Waals surface area contributed by atoms with Crippen LogP contribution in [0.5, 0.6) is 0 Å². The predicted molar refractivity (Wildman–Crippen MR) is 79.5 cm³/mol. The zero-order valence-electron chi connectivity index (χ0n) is 11.9. The number of morpholine rings is 1. The van der Waals surface area contributed by atoms with Crippen molar-refractivity contribution in [3.05, 3.63) is 40.2 Å². The van der Waals surface area contributed by atoms with Crippen LogP contribution in [0.3, 0.4) is 0 Å². The van der Waals surface area contributed by atoms with Crippen LogP contribution < -0.4 is 0 Å². The van der Waals surface area contributed by atoms with Crippen LogP contribution in [0, 0.1) is 6.92 Å². The highest BCUT2D eigenvalue weighted by atomic mass is 32.1. The second-order valence-electron chi connectivity index (χ2n) is 5.16. The summed E-state index contributed by atoms with van der Waals surface area (Å²) in [7, 11) is 0. The highest BCUT2D eigenvalue weighted by Crippen LogP contribution is 2.18. The van der Waals surface area contributed by atoms with E-state index >= 15 is 0 Å². The van der Waals surface area contributed by atoms with E-state index in [0.29, 0.717) is 25.4 Å². The molecule has 0 N–H and O–H groups in total. The fourth-order valence-corrected chi connectivity index (χ4v) is 3.13. The molecule has 1 aliphatic heterocycles. The number of ketones is 1. The lowest BCUT2D eigenvalue weighted by Gasteiger charge is -2.34. The Morgan fingerprint density at radius 1 is 1.57 bits per heavy atom. The SMILES string of the molecule is Cc1nc(CN2CCOC[C@H]2CC(=O)c2ccco2)cs1. The molecule has 0 saturated carbocycles. The Hall–Kier alpha value is -1.50. The number of rotatable bonds is 5. The summed E-state index contributed by atoms with van der Waals surface area (Å²) in [6.07, 6.45) is 1.94. The number of hydrogen-bond acceptors (Lipinski definition) is 6. The summed E-state index contributed by atoms with van der Waals surface area (Å²) in [6, 6.07) is 3.53. The number of aromatic nitrogens is 1. The van der Waals surface area contributed by atoms with Gasteiger partial charge in [-0.2, -0.15) is 0 Å². The molecule has 0 spiro atoms. The summed E-state index contributed by atoms with van der Waals surface area (Å²) in [5.41, 5.74) is 1.06. The van der Waals surface area contributed by atoms with Crippen molar-refractivity contribution < 1.29 is 13.9 Å². The second kappa shape index (κ2) is 6.51. The first-order valence-corrected chi connectivity index (χ1v) is 7.90. The minimum absolute atomic E-state index is 0.0231. The molecule has 0 unspecified atom stereocenters. The van der Waals surface area contributed by atoms with Crippen molar-refractivity contribution >= 4 is 17.1 Å². The van der Waals surface area contributed by atoms with Crippen LogP contribution in [0.1, 0.15) is 27.7 Å². The Morgan fingerprint density at radius 2 is 2.48 bits per heavy atom. The third kappa shape index (κ3) is 3.58. The molecule has 1 atom stereocenters. The van der Waals surface area contributed by atoms with Gasteiger partial charge in [-0.15, -0.1) is 11.3 Å². The van der Waals surface area contributed by atoms with Crippen LogP contribution in [0.2, 0.25) is 0 Å². The molecule has 2 aromatic rings. The number of nitrogens with zero attached hydrogens (tertiary/aromatic N) is 2. The van der Waals surface area contributed by atoms with Crippen molar-refractivity contribution in [1.29, 1.82) is 0 Å². The van der Waals surface area contributed by atoms with Gasteiger partial charge < -0.3 is 9.15 Å². The molecule has 6 heteroatoms. The lowest BCUT2D eigenvalue weighted by molar-refractivity contribution is -0.0132. The second-order valence-corrected chi connectivity index (χ2v) is 6.22. The topological polar surface area (TPSA) is 55.6 Å². The van der Waals surface area contributed by atoms with Gasteiger partial charge in [0, 0.05) is 30.9 Å².